The summed E-state index contributed by atoms with van der Waals surface area (Å²) in [5.41, 5.74) is 0. The Labute approximate surface area is 120 Å². The Morgan fingerprint density at radius 2 is 2.28 bits per heavy atom. The van der Waals surface area contributed by atoms with Crippen molar-refractivity contribution >= 4 is 33.2 Å². The summed E-state index contributed by atoms with van der Waals surface area (Å²) in [5, 5.41) is 5.54. The van der Waals surface area contributed by atoms with Gasteiger partial charge in [-0.05, 0) is 47.7 Å². The van der Waals surface area contributed by atoms with Crippen LogP contribution in [-0.2, 0) is 11.3 Å². The van der Waals surface area contributed by atoms with Crippen LogP contribution >= 0.6 is 27.3 Å². The van der Waals surface area contributed by atoms with Crippen LogP contribution in [0.3, 0.4) is 0 Å². The molecule has 1 aromatic rings. The molecule has 1 aromatic heterocycles. The van der Waals surface area contributed by atoms with Gasteiger partial charge in [0.1, 0.15) is 0 Å². The number of nitrogens with zero attached hydrogens (tertiary/aromatic N) is 1. The molecule has 98 valence electrons. The molecule has 3 rings (SSSR count). The molecule has 0 spiro atoms. The monoisotopic (exact) mass is 328 g/mol. The smallest absolute Gasteiger partial charge is 0.240 e. The van der Waals surface area contributed by atoms with Crippen LogP contribution in [0, 0.1) is 0 Å². The minimum Gasteiger partial charge on any atom is -0.336 e. The van der Waals surface area contributed by atoms with Crippen molar-refractivity contribution in [2.75, 3.05) is 6.54 Å². The number of hydrogen-bond donors (Lipinski definition) is 1. The van der Waals surface area contributed by atoms with Crippen LogP contribution < -0.4 is 5.32 Å². The average molecular weight is 329 g/mol. The SMILES string of the molecule is O=C1C(NC2CC2)CCCN1Cc1cc(Br)cs1. The van der Waals surface area contributed by atoms with Crippen molar-refractivity contribution in [3.63, 3.8) is 0 Å². The highest BCUT2D eigenvalue weighted by Gasteiger charge is 2.33. The van der Waals surface area contributed by atoms with Crippen LogP contribution in [0.2, 0.25) is 0 Å². The van der Waals surface area contributed by atoms with Crippen molar-refractivity contribution in [1.29, 1.82) is 0 Å². The van der Waals surface area contributed by atoms with Gasteiger partial charge in [-0.15, -0.1) is 11.3 Å². The number of nitrogens with one attached hydrogen (secondary N) is 1. The minimum atomic E-state index is 0.0645. The first kappa shape index (κ1) is 12.6. The van der Waals surface area contributed by atoms with Gasteiger partial charge in [-0.3, -0.25) is 4.79 Å². The maximum atomic E-state index is 12.4. The lowest BCUT2D eigenvalue weighted by Crippen LogP contribution is -2.50. The molecule has 2 aliphatic rings. The molecule has 1 unspecified atom stereocenters. The Morgan fingerprint density at radius 3 is 2.94 bits per heavy atom. The summed E-state index contributed by atoms with van der Waals surface area (Å²) in [5.74, 6) is 0.290. The third kappa shape index (κ3) is 2.95. The topological polar surface area (TPSA) is 32.3 Å². The molecule has 0 radical (unpaired) electrons. The van der Waals surface area contributed by atoms with Gasteiger partial charge in [0.05, 0.1) is 12.6 Å². The number of rotatable bonds is 4. The van der Waals surface area contributed by atoms with Crippen molar-refractivity contribution in [2.45, 2.75) is 44.3 Å². The van der Waals surface area contributed by atoms with Crippen LogP contribution in [-0.4, -0.2) is 29.4 Å². The van der Waals surface area contributed by atoms with E-state index in [0.717, 1.165) is 30.4 Å². The molecular weight excluding hydrogens is 312 g/mol. The Bertz CT molecular complexity index is 444. The van der Waals surface area contributed by atoms with Gasteiger partial charge in [0.25, 0.3) is 0 Å². The highest BCUT2D eigenvalue weighted by atomic mass is 79.9. The molecule has 1 N–H and O–H groups in total. The van der Waals surface area contributed by atoms with Gasteiger partial charge in [-0.1, -0.05) is 0 Å². The van der Waals surface area contributed by atoms with Crippen LogP contribution in [0.4, 0.5) is 0 Å². The second kappa shape index (κ2) is 5.31. The van der Waals surface area contributed by atoms with Crippen LogP contribution in [0.1, 0.15) is 30.6 Å². The van der Waals surface area contributed by atoms with Gasteiger partial charge in [-0.2, -0.15) is 0 Å². The number of halogens is 1. The molecule has 5 heteroatoms. The fourth-order valence-corrected chi connectivity index (χ4v) is 3.88. The van der Waals surface area contributed by atoms with Crippen LogP contribution in [0.15, 0.2) is 15.9 Å². The van der Waals surface area contributed by atoms with Gasteiger partial charge in [0.2, 0.25) is 5.91 Å². The van der Waals surface area contributed by atoms with E-state index in [1.54, 1.807) is 11.3 Å². The predicted octanol–water partition coefficient (Wildman–Crippen LogP) is 2.75. The zero-order valence-electron chi connectivity index (χ0n) is 10.2. The Balaban J connectivity index is 1.62. The summed E-state index contributed by atoms with van der Waals surface area (Å²) in [4.78, 5) is 15.6. The molecule has 18 heavy (non-hydrogen) atoms. The number of amides is 1. The Kier molecular flexibility index (Phi) is 3.73. The highest BCUT2D eigenvalue weighted by Crippen LogP contribution is 2.25. The van der Waals surface area contributed by atoms with Gasteiger partial charge >= 0.3 is 0 Å². The van der Waals surface area contributed by atoms with E-state index in [1.165, 1.54) is 17.7 Å². The standard InChI is InChI=1S/C13H17BrN2OS/c14-9-6-11(18-8-9)7-16-5-1-2-12(13(16)17)15-10-3-4-10/h6,8,10,12,15H,1-5,7H2. The summed E-state index contributed by atoms with van der Waals surface area (Å²) in [6, 6.07) is 2.78. The molecule has 0 aromatic carbocycles. The third-order valence-corrected chi connectivity index (χ3v) is 5.20. The average Bonchev–Trinajstić information content (AvgIpc) is 3.07. The molecule has 1 saturated carbocycles. The van der Waals surface area contributed by atoms with E-state index in [4.69, 9.17) is 0 Å². The van der Waals surface area contributed by atoms with Crippen LogP contribution in [0.5, 0.6) is 0 Å². The summed E-state index contributed by atoms with van der Waals surface area (Å²) >= 11 is 5.17. The molecule has 1 aliphatic heterocycles. The van der Waals surface area contributed by atoms with E-state index >= 15 is 0 Å². The van der Waals surface area contributed by atoms with Gasteiger partial charge in [-0.25, -0.2) is 0 Å². The fourth-order valence-electron chi connectivity index (χ4n) is 2.41. The summed E-state index contributed by atoms with van der Waals surface area (Å²) in [6.45, 7) is 1.66. The molecule has 1 saturated heterocycles. The molecule has 1 amide bonds. The number of likely N-dealkylation sites (tertiary alicyclic amines) is 1. The van der Waals surface area contributed by atoms with E-state index in [1.807, 2.05) is 4.90 Å². The van der Waals surface area contributed by atoms with Gasteiger partial charge in [0, 0.05) is 27.3 Å². The molecule has 0 bridgehead atoms. The normalized spacial score (nSPS) is 24.6. The summed E-state index contributed by atoms with van der Waals surface area (Å²) < 4.78 is 1.11. The minimum absolute atomic E-state index is 0.0645. The van der Waals surface area contributed by atoms with Gasteiger partial charge < -0.3 is 10.2 Å². The van der Waals surface area contributed by atoms with E-state index in [0.29, 0.717) is 6.04 Å². The van der Waals surface area contributed by atoms with E-state index in [2.05, 4.69) is 32.7 Å². The second-order valence-corrected chi connectivity index (χ2v) is 7.04. The number of piperidine rings is 1. The second-order valence-electron chi connectivity index (χ2n) is 5.13. The maximum Gasteiger partial charge on any atom is 0.240 e. The lowest BCUT2D eigenvalue weighted by atomic mass is 10.0. The molecule has 3 nitrogen and oxygen atoms in total. The van der Waals surface area contributed by atoms with Gasteiger partial charge in [0.15, 0.2) is 0 Å². The number of thiophene rings is 1. The first-order chi connectivity index (χ1) is 8.72. The third-order valence-electron chi connectivity index (χ3n) is 3.51. The number of hydrogen-bond acceptors (Lipinski definition) is 3. The van der Waals surface area contributed by atoms with Crippen molar-refractivity contribution in [3.05, 3.63) is 20.8 Å². The lowest BCUT2D eigenvalue weighted by molar-refractivity contribution is -0.136. The highest BCUT2D eigenvalue weighted by molar-refractivity contribution is 9.10. The van der Waals surface area contributed by atoms with E-state index in [-0.39, 0.29) is 11.9 Å². The van der Waals surface area contributed by atoms with Crippen LogP contribution in [0.25, 0.3) is 0 Å². The quantitative estimate of drug-likeness (QED) is 0.921. The predicted molar refractivity (Wildman–Crippen MR) is 76.6 cm³/mol. The Morgan fingerprint density at radius 1 is 1.44 bits per heavy atom. The van der Waals surface area contributed by atoms with E-state index in [9.17, 15) is 4.79 Å². The largest absolute Gasteiger partial charge is 0.336 e. The van der Waals surface area contributed by atoms with Crippen molar-refractivity contribution in [1.82, 2.24) is 10.2 Å². The molecule has 1 aliphatic carbocycles. The van der Waals surface area contributed by atoms with Crippen molar-refractivity contribution in [3.8, 4) is 0 Å². The summed E-state index contributed by atoms with van der Waals surface area (Å²) in [6.07, 6.45) is 4.59. The zero-order chi connectivity index (χ0) is 12.5. The first-order valence-corrected chi connectivity index (χ1v) is 8.17. The molecular formula is C13H17BrN2OS. The summed E-state index contributed by atoms with van der Waals surface area (Å²) in [7, 11) is 0. The zero-order valence-corrected chi connectivity index (χ0v) is 12.6. The first-order valence-electron chi connectivity index (χ1n) is 6.50. The maximum absolute atomic E-state index is 12.4. The molecule has 1 atom stereocenters. The number of carbonyl (C=O) groups excluding carboxylic acids is 1. The van der Waals surface area contributed by atoms with E-state index < -0.39 is 0 Å². The van der Waals surface area contributed by atoms with Crippen molar-refractivity contribution < 1.29 is 4.79 Å². The fraction of sp³-hybridized carbons (Fsp3) is 0.615. The molecule has 2 fully saturated rings. The lowest BCUT2D eigenvalue weighted by Gasteiger charge is -2.32. The van der Waals surface area contributed by atoms with Crippen molar-refractivity contribution in [2.24, 2.45) is 0 Å². The molecule has 2 heterocycles. The Hall–Kier alpha value is -0.390. The number of carbonyl (C=O) groups is 1.